The molecule has 0 N–H and O–H groups in total. The van der Waals surface area contributed by atoms with Crippen LogP contribution in [0.25, 0.3) is 0 Å². The van der Waals surface area contributed by atoms with Gasteiger partial charge in [-0.25, -0.2) is 0 Å². The Hall–Kier alpha value is -1.09. The van der Waals surface area contributed by atoms with Crippen LogP contribution in [-0.4, -0.2) is 29.3 Å². The fourth-order valence-corrected chi connectivity index (χ4v) is 2.52. The van der Waals surface area contributed by atoms with Crippen LogP contribution in [0.5, 0.6) is 0 Å². The van der Waals surface area contributed by atoms with Gasteiger partial charge >= 0.3 is 0 Å². The molecule has 0 saturated carbocycles. The Bertz CT molecular complexity index is 360. The number of rotatable bonds is 3. The van der Waals surface area contributed by atoms with Gasteiger partial charge in [0.2, 0.25) is 0 Å². The number of ketones is 1. The highest BCUT2D eigenvalue weighted by molar-refractivity contribution is 6.02. The molecular formula is C14H21NO2. The summed E-state index contributed by atoms with van der Waals surface area (Å²) in [5, 5.41) is 0. The van der Waals surface area contributed by atoms with Crippen molar-refractivity contribution in [1.29, 1.82) is 0 Å². The highest BCUT2D eigenvalue weighted by atomic mass is 16.3. The van der Waals surface area contributed by atoms with E-state index in [2.05, 4.69) is 4.90 Å². The molecule has 0 spiro atoms. The molecule has 0 aromatic carbocycles. The molecule has 0 amide bonds. The van der Waals surface area contributed by atoms with Gasteiger partial charge in [-0.2, -0.15) is 0 Å². The Morgan fingerprint density at radius 2 is 1.88 bits per heavy atom. The highest BCUT2D eigenvalue weighted by Gasteiger charge is 2.35. The van der Waals surface area contributed by atoms with Crippen molar-refractivity contribution in [2.24, 2.45) is 0 Å². The first-order valence-electron chi connectivity index (χ1n) is 6.44. The molecule has 0 aliphatic carbocycles. The molecule has 2 rings (SSSR count). The molecule has 1 aliphatic heterocycles. The first-order chi connectivity index (χ1) is 8.12. The van der Waals surface area contributed by atoms with E-state index in [1.807, 2.05) is 13.8 Å². The molecule has 1 fully saturated rings. The van der Waals surface area contributed by atoms with E-state index in [1.54, 1.807) is 18.6 Å². The Balaban J connectivity index is 2.13. The Morgan fingerprint density at radius 1 is 1.24 bits per heavy atom. The van der Waals surface area contributed by atoms with Crippen LogP contribution >= 0.6 is 0 Å². The molecule has 1 aliphatic rings. The van der Waals surface area contributed by atoms with Gasteiger partial charge in [0, 0.05) is 0 Å². The van der Waals surface area contributed by atoms with Gasteiger partial charge in [0.05, 0.1) is 17.4 Å². The number of likely N-dealkylation sites (tertiary alicyclic amines) is 1. The summed E-state index contributed by atoms with van der Waals surface area (Å²) in [6.07, 6.45) is 8.07. The van der Waals surface area contributed by atoms with E-state index in [4.69, 9.17) is 4.42 Å². The van der Waals surface area contributed by atoms with Crippen molar-refractivity contribution in [3.05, 3.63) is 24.2 Å². The predicted octanol–water partition coefficient (Wildman–Crippen LogP) is 3.12. The quantitative estimate of drug-likeness (QED) is 0.755. The van der Waals surface area contributed by atoms with Gasteiger partial charge in [-0.15, -0.1) is 0 Å². The first-order valence-corrected chi connectivity index (χ1v) is 6.44. The van der Waals surface area contributed by atoms with Gasteiger partial charge in [0.1, 0.15) is 6.26 Å². The summed E-state index contributed by atoms with van der Waals surface area (Å²) in [6, 6.07) is 1.75. The van der Waals surface area contributed by atoms with E-state index in [-0.39, 0.29) is 5.78 Å². The number of furan rings is 1. The van der Waals surface area contributed by atoms with Crippen molar-refractivity contribution in [3.8, 4) is 0 Å². The minimum Gasteiger partial charge on any atom is -0.472 e. The number of hydrogen-bond donors (Lipinski definition) is 0. The topological polar surface area (TPSA) is 33.5 Å². The summed E-state index contributed by atoms with van der Waals surface area (Å²) >= 11 is 0. The van der Waals surface area contributed by atoms with Crippen LogP contribution in [0.1, 0.15) is 49.9 Å². The number of carbonyl (C=O) groups is 1. The molecule has 3 heteroatoms. The zero-order valence-corrected chi connectivity index (χ0v) is 10.7. The largest absolute Gasteiger partial charge is 0.472 e. The Kier molecular flexibility index (Phi) is 3.67. The van der Waals surface area contributed by atoms with E-state index in [0.717, 1.165) is 13.1 Å². The number of carbonyl (C=O) groups excluding carboxylic acids is 1. The Labute approximate surface area is 103 Å². The summed E-state index contributed by atoms with van der Waals surface area (Å²) in [7, 11) is 0. The van der Waals surface area contributed by atoms with E-state index >= 15 is 0 Å². The fraction of sp³-hybridized carbons (Fsp3) is 0.643. The molecule has 1 aromatic rings. The number of hydrogen-bond acceptors (Lipinski definition) is 3. The second-order valence-electron chi connectivity index (χ2n) is 5.30. The predicted molar refractivity (Wildman–Crippen MR) is 67.2 cm³/mol. The molecule has 0 unspecified atom stereocenters. The van der Waals surface area contributed by atoms with Gasteiger partial charge in [-0.3, -0.25) is 9.69 Å². The van der Waals surface area contributed by atoms with Crippen molar-refractivity contribution < 1.29 is 9.21 Å². The highest BCUT2D eigenvalue weighted by Crippen LogP contribution is 2.24. The van der Waals surface area contributed by atoms with Crippen molar-refractivity contribution in [2.75, 3.05) is 13.1 Å². The second kappa shape index (κ2) is 5.05. The maximum absolute atomic E-state index is 12.4. The SMILES string of the molecule is CC(C)(C(=O)c1ccoc1)N1CCCCCC1. The van der Waals surface area contributed by atoms with Crippen molar-refractivity contribution in [3.63, 3.8) is 0 Å². The molecule has 0 radical (unpaired) electrons. The van der Waals surface area contributed by atoms with E-state index in [9.17, 15) is 4.79 Å². The minimum absolute atomic E-state index is 0.160. The molecule has 1 saturated heterocycles. The lowest BCUT2D eigenvalue weighted by Gasteiger charge is -2.36. The summed E-state index contributed by atoms with van der Waals surface area (Å²) in [4.78, 5) is 14.8. The summed E-state index contributed by atoms with van der Waals surface area (Å²) in [6.45, 7) is 6.09. The van der Waals surface area contributed by atoms with Crippen LogP contribution in [0.2, 0.25) is 0 Å². The second-order valence-corrected chi connectivity index (χ2v) is 5.30. The normalized spacial score (nSPS) is 18.9. The molecule has 2 heterocycles. The van der Waals surface area contributed by atoms with Gasteiger partial charge in [-0.1, -0.05) is 12.8 Å². The van der Waals surface area contributed by atoms with Crippen LogP contribution in [0.15, 0.2) is 23.0 Å². The molecular weight excluding hydrogens is 214 g/mol. The monoisotopic (exact) mass is 235 g/mol. The van der Waals surface area contributed by atoms with Crippen molar-refractivity contribution in [1.82, 2.24) is 4.90 Å². The first kappa shape index (κ1) is 12.4. The average molecular weight is 235 g/mol. The molecule has 17 heavy (non-hydrogen) atoms. The van der Waals surface area contributed by atoms with Crippen molar-refractivity contribution >= 4 is 5.78 Å². The molecule has 0 bridgehead atoms. The zero-order valence-electron chi connectivity index (χ0n) is 10.7. The maximum atomic E-state index is 12.4. The van der Waals surface area contributed by atoms with E-state index in [1.165, 1.54) is 25.7 Å². The number of Topliss-reactive ketones (excluding diaryl/α,β-unsaturated/α-hetero) is 1. The van der Waals surface area contributed by atoms with Gasteiger partial charge < -0.3 is 4.42 Å². The Morgan fingerprint density at radius 3 is 2.41 bits per heavy atom. The van der Waals surface area contributed by atoms with Crippen LogP contribution in [0, 0.1) is 0 Å². The third-order valence-electron chi connectivity index (χ3n) is 3.74. The summed E-state index contributed by atoms with van der Waals surface area (Å²) < 4.78 is 5.00. The zero-order chi connectivity index (χ0) is 12.3. The molecule has 3 nitrogen and oxygen atoms in total. The lowest BCUT2D eigenvalue weighted by atomic mass is 9.92. The van der Waals surface area contributed by atoms with Crippen LogP contribution in [-0.2, 0) is 0 Å². The van der Waals surface area contributed by atoms with Gasteiger partial charge in [-0.05, 0) is 45.8 Å². The third kappa shape index (κ3) is 2.60. The third-order valence-corrected chi connectivity index (χ3v) is 3.74. The standard InChI is InChI=1S/C14H21NO2/c1-14(2,13(16)12-7-10-17-11-12)15-8-5-3-4-6-9-15/h7,10-11H,3-6,8-9H2,1-2H3. The fourth-order valence-electron chi connectivity index (χ4n) is 2.52. The smallest absolute Gasteiger partial charge is 0.185 e. The average Bonchev–Trinajstić information content (AvgIpc) is 2.69. The van der Waals surface area contributed by atoms with Crippen LogP contribution in [0.3, 0.4) is 0 Å². The lowest BCUT2D eigenvalue weighted by Crippen LogP contribution is -2.50. The number of nitrogens with zero attached hydrogens (tertiary/aromatic N) is 1. The maximum Gasteiger partial charge on any atom is 0.185 e. The molecule has 0 atom stereocenters. The van der Waals surface area contributed by atoms with Crippen LogP contribution in [0.4, 0.5) is 0 Å². The minimum atomic E-state index is -0.422. The van der Waals surface area contributed by atoms with Crippen LogP contribution < -0.4 is 0 Å². The lowest BCUT2D eigenvalue weighted by molar-refractivity contribution is 0.0649. The molecule has 94 valence electrons. The summed E-state index contributed by atoms with van der Waals surface area (Å²) in [5.41, 5.74) is 0.257. The van der Waals surface area contributed by atoms with Gasteiger partial charge in [0.15, 0.2) is 5.78 Å². The molecule has 1 aromatic heterocycles. The van der Waals surface area contributed by atoms with Crippen molar-refractivity contribution in [2.45, 2.75) is 45.1 Å². The summed E-state index contributed by atoms with van der Waals surface area (Å²) in [5.74, 6) is 0.160. The van der Waals surface area contributed by atoms with Gasteiger partial charge in [0.25, 0.3) is 0 Å². The van der Waals surface area contributed by atoms with E-state index < -0.39 is 5.54 Å². The van der Waals surface area contributed by atoms with E-state index in [0.29, 0.717) is 5.56 Å².